The summed E-state index contributed by atoms with van der Waals surface area (Å²) in [6.07, 6.45) is 0.649. The molecule has 0 bridgehead atoms. The van der Waals surface area contributed by atoms with Gasteiger partial charge in [0.15, 0.2) is 0 Å². The van der Waals surface area contributed by atoms with Crippen LogP contribution < -0.4 is 4.74 Å². The lowest BCUT2D eigenvalue weighted by Gasteiger charge is -2.06. The van der Waals surface area contributed by atoms with Crippen LogP contribution in [0.15, 0.2) is 46.9 Å². The van der Waals surface area contributed by atoms with Gasteiger partial charge in [-0.1, -0.05) is 23.8 Å². The van der Waals surface area contributed by atoms with Crippen LogP contribution in [-0.2, 0) is 6.42 Å². The van der Waals surface area contributed by atoms with Gasteiger partial charge in [-0.2, -0.15) is 0 Å². The molecular weight excluding hydrogens is 302 g/mol. The van der Waals surface area contributed by atoms with Gasteiger partial charge in [-0.3, -0.25) is 0 Å². The summed E-state index contributed by atoms with van der Waals surface area (Å²) in [5, 5.41) is 9.70. The third-order valence-corrected chi connectivity index (χ3v) is 3.98. The molecule has 0 unspecified atom stereocenters. The lowest BCUT2D eigenvalue weighted by atomic mass is 10.1. The number of rotatable bonds is 5. The van der Waals surface area contributed by atoms with E-state index in [-0.39, 0.29) is 5.75 Å². The Morgan fingerprint density at radius 2 is 1.79 bits per heavy atom. The largest absolute Gasteiger partial charge is 0.508 e. The molecule has 0 amide bonds. The Labute approximate surface area is 141 Å². The highest BCUT2D eigenvalue weighted by Gasteiger charge is 2.11. The van der Waals surface area contributed by atoms with Gasteiger partial charge in [-0.05, 0) is 44.5 Å². The molecule has 1 aromatic heterocycles. The number of oxazole rings is 1. The predicted octanol–water partition coefficient (Wildman–Crippen LogP) is 4.59. The van der Waals surface area contributed by atoms with Crippen LogP contribution in [0.1, 0.15) is 22.6 Å². The molecule has 0 spiro atoms. The summed E-state index contributed by atoms with van der Waals surface area (Å²) in [6.45, 7) is 6.29. The van der Waals surface area contributed by atoms with E-state index < -0.39 is 0 Å². The van der Waals surface area contributed by atoms with E-state index in [0.29, 0.717) is 24.7 Å². The van der Waals surface area contributed by atoms with Crippen LogP contribution in [0.5, 0.6) is 11.5 Å². The van der Waals surface area contributed by atoms with E-state index in [1.807, 2.05) is 50.2 Å². The lowest BCUT2D eigenvalue weighted by molar-refractivity contribution is 0.317. The number of nitrogens with zero attached hydrogens (tertiary/aromatic N) is 1. The van der Waals surface area contributed by atoms with Gasteiger partial charge < -0.3 is 14.3 Å². The number of aromatic hydroxyl groups is 1. The molecule has 0 aliphatic heterocycles. The van der Waals surface area contributed by atoms with Gasteiger partial charge in [-0.15, -0.1) is 0 Å². The number of phenols is 1. The summed E-state index contributed by atoms with van der Waals surface area (Å²) in [4.78, 5) is 4.58. The van der Waals surface area contributed by atoms with Crippen LogP contribution in [0.2, 0.25) is 0 Å². The van der Waals surface area contributed by atoms with E-state index in [1.54, 1.807) is 6.07 Å². The first kappa shape index (κ1) is 16.1. The van der Waals surface area contributed by atoms with Crippen molar-refractivity contribution in [1.82, 2.24) is 4.98 Å². The summed E-state index contributed by atoms with van der Waals surface area (Å²) in [7, 11) is 0. The third kappa shape index (κ3) is 3.59. The maximum absolute atomic E-state index is 9.70. The molecule has 0 fully saturated rings. The minimum Gasteiger partial charge on any atom is -0.508 e. The Kier molecular flexibility index (Phi) is 4.56. The minimum atomic E-state index is 0.242. The standard InChI is InChI=1S/C20H21NO3/c1-13-4-7-16(8-5-13)20-21-18(15(3)24-20)10-11-23-17-9-6-14(2)19(22)12-17/h4-9,12,22H,10-11H2,1-3H3. The van der Waals surface area contributed by atoms with E-state index in [1.165, 1.54) is 5.56 Å². The highest BCUT2D eigenvalue weighted by Crippen LogP contribution is 2.24. The van der Waals surface area contributed by atoms with Crippen molar-refractivity contribution in [3.8, 4) is 23.0 Å². The second-order valence-corrected chi connectivity index (χ2v) is 5.93. The number of ether oxygens (including phenoxy) is 1. The Morgan fingerprint density at radius 1 is 1.04 bits per heavy atom. The number of hydrogen-bond acceptors (Lipinski definition) is 4. The number of phenolic OH excluding ortho intramolecular Hbond substituents is 1. The minimum absolute atomic E-state index is 0.242. The second-order valence-electron chi connectivity index (χ2n) is 5.93. The van der Waals surface area contributed by atoms with Crippen LogP contribution >= 0.6 is 0 Å². The summed E-state index contributed by atoms with van der Waals surface area (Å²) in [5.41, 5.74) is 3.90. The van der Waals surface area contributed by atoms with Gasteiger partial charge in [0, 0.05) is 18.1 Å². The first-order valence-electron chi connectivity index (χ1n) is 7.98. The normalized spacial score (nSPS) is 10.8. The molecule has 3 rings (SSSR count). The van der Waals surface area contributed by atoms with Crippen molar-refractivity contribution in [2.75, 3.05) is 6.61 Å². The van der Waals surface area contributed by atoms with Crippen molar-refractivity contribution in [2.45, 2.75) is 27.2 Å². The molecule has 24 heavy (non-hydrogen) atoms. The van der Waals surface area contributed by atoms with Gasteiger partial charge in [-0.25, -0.2) is 4.98 Å². The van der Waals surface area contributed by atoms with Crippen molar-refractivity contribution in [1.29, 1.82) is 0 Å². The Bertz CT molecular complexity index is 835. The average molecular weight is 323 g/mol. The molecule has 4 nitrogen and oxygen atoms in total. The number of hydrogen-bond donors (Lipinski definition) is 1. The molecule has 0 saturated heterocycles. The first-order chi connectivity index (χ1) is 11.5. The summed E-state index contributed by atoms with van der Waals surface area (Å²) in [5.74, 6) is 2.33. The molecule has 4 heteroatoms. The van der Waals surface area contributed by atoms with Crippen LogP contribution in [0.4, 0.5) is 0 Å². The van der Waals surface area contributed by atoms with E-state index in [0.717, 1.165) is 22.6 Å². The zero-order valence-corrected chi connectivity index (χ0v) is 14.2. The summed E-state index contributed by atoms with van der Waals surface area (Å²) in [6, 6.07) is 13.4. The third-order valence-electron chi connectivity index (χ3n) is 3.98. The van der Waals surface area contributed by atoms with Crippen molar-refractivity contribution in [3.63, 3.8) is 0 Å². The van der Waals surface area contributed by atoms with Gasteiger partial charge in [0.25, 0.3) is 0 Å². The smallest absolute Gasteiger partial charge is 0.226 e. The van der Waals surface area contributed by atoms with Crippen LogP contribution in [0, 0.1) is 20.8 Å². The van der Waals surface area contributed by atoms with E-state index in [2.05, 4.69) is 11.9 Å². The number of aryl methyl sites for hydroxylation is 3. The van der Waals surface area contributed by atoms with Gasteiger partial charge in [0.1, 0.15) is 17.3 Å². The number of benzene rings is 2. The predicted molar refractivity (Wildman–Crippen MR) is 93.5 cm³/mol. The molecule has 0 saturated carbocycles. The van der Waals surface area contributed by atoms with Gasteiger partial charge in [0.2, 0.25) is 5.89 Å². The first-order valence-corrected chi connectivity index (χ1v) is 7.98. The number of aromatic nitrogens is 1. The monoisotopic (exact) mass is 323 g/mol. The second kappa shape index (κ2) is 6.79. The zero-order chi connectivity index (χ0) is 17.1. The highest BCUT2D eigenvalue weighted by molar-refractivity contribution is 5.54. The Hall–Kier alpha value is -2.75. The fraction of sp³-hybridized carbons (Fsp3) is 0.250. The quantitative estimate of drug-likeness (QED) is 0.746. The fourth-order valence-electron chi connectivity index (χ4n) is 2.42. The Balaban J connectivity index is 1.65. The van der Waals surface area contributed by atoms with Crippen molar-refractivity contribution in [3.05, 3.63) is 65.0 Å². The van der Waals surface area contributed by atoms with E-state index in [9.17, 15) is 5.11 Å². The molecule has 0 atom stereocenters. The molecule has 1 N–H and O–H groups in total. The summed E-state index contributed by atoms with van der Waals surface area (Å²) >= 11 is 0. The SMILES string of the molecule is Cc1ccc(-c2nc(CCOc3ccc(C)c(O)c3)c(C)o2)cc1. The molecule has 0 aliphatic carbocycles. The fourth-order valence-corrected chi connectivity index (χ4v) is 2.42. The summed E-state index contributed by atoms with van der Waals surface area (Å²) < 4.78 is 11.5. The molecule has 0 aliphatic rings. The van der Waals surface area contributed by atoms with E-state index in [4.69, 9.17) is 9.15 Å². The molecule has 124 valence electrons. The Morgan fingerprint density at radius 3 is 2.50 bits per heavy atom. The molecule has 1 heterocycles. The average Bonchev–Trinajstić information content (AvgIpc) is 2.93. The maximum atomic E-state index is 9.70. The molecular formula is C20H21NO3. The van der Waals surface area contributed by atoms with E-state index >= 15 is 0 Å². The van der Waals surface area contributed by atoms with Gasteiger partial charge >= 0.3 is 0 Å². The topological polar surface area (TPSA) is 55.5 Å². The maximum Gasteiger partial charge on any atom is 0.226 e. The van der Waals surface area contributed by atoms with Gasteiger partial charge in [0.05, 0.1) is 12.3 Å². The van der Waals surface area contributed by atoms with Crippen LogP contribution in [-0.4, -0.2) is 16.7 Å². The molecule has 2 aromatic carbocycles. The van der Waals surface area contributed by atoms with Crippen molar-refractivity contribution in [2.24, 2.45) is 0 Å². The molecule has 3 aromatic rings. The zero-order valence-electron chi connectivity index (χ0n) is 14.2. The highest BCUT2D eigenvalue weighted by atomic mass is 16.5. The molecule has 0 radical (unpaired) electrons. The van der Waals surface area contributed by atoms with Crippen LogP contribution in [0.3, 0.4) is 0 Å². The van der Waals surface area contributed by atoms with Crippen molar-refractivity contribution < 1.29 is 14.3 Å². The lowest BCUT2D eigenvalue weighted by Crippen LogP contribution is -2.02. The van der Waals surface area contributed by atoms with Crippen molar-refractivity contribution >= 4 is 0 Å². The van der Waals surface area contributed by atoms with Crippen LogP contribution in [0.25, 0.3) is 11.5 Å².